The minimum Gasteiger partial charge on any atom is -0.481 e. The summed E-state index contributed by atoms with van der Waals surface area (Å²) in [7, 11) is 0. The highest BCUT2D eigenvalue weighted by atomic mass is 16.4. The Morgan fingerprint density at radius 1 is 1.17 bits per heavy atom. The molecule has 3 nitrogen and oxygen atoms in total. The van der Waals surface area contributed by atoms with Gasteiger partial charge in [0.2, 0.25) is 0 Å². The van der Waals surface area contributed by atoms with Gasteiger partial charge in [0.15, 0.2) is 5.78 Å². The maximum atomic E-state index is 12.1. The summed E-state index contributed by atoms with van der Waals surface area (Å²) < 4.78 is 0. The van der Waals surface area contributed by atoms with Crippen LogP contribution in [0, 0.1) is 12.8 Å². The zero-order chi connectivity index (χ0) is 13.5. The second kappa shape index (κ2) is 6.94. The van der Waals surface area contributed by atoms with Gasteiger partial charge in [-0.3, -0.25) is 9.59 Å². The molecule has 18 heavy (non-hydrogen) atoms. The van der Waals surface area contributed by atoms with Crippen molar-refractivity contribution in [1.29, 1.82) is 0 Å². The van der Waals surface area contributed by atoms with Gasteiger partial charge in [-0.15, -0.1) is 0 Å². The van der Waals surface area contributed by atoms with Gasteiger partial charge >= 0.3 is 5.97 Å². The van der Waals surface area contributed by atoms with Crippen molar-refractivity contribution in [1.82, 2.24) is 0 Å². The first kappa shape index (κ1) is 14.4. The lowest BCUT2D eigenvalue weighted by atomic mass is 9.92. The number of Topliss-reactive ketones (excluding diaryl/α,β-unsaturated/α-hetero) is 1. The predicted molar refractivity (Wildman–Crippen MR) is 70.8 cm³/mol. The van der Waals surface area contributed by atoms with Gasteiger partial charge in [0.05, 0.1) is 0 Å². The average Bonchev–Trinajstić information content (AvgIpc) is 2.34. The topological polar surface area (TPSA) is 54.4 Å². The van der Waals surface area contributed by atoms with Crippen molar-refractivity contribution in [3.8, 4) is 0 Å². The molecule has 1 unspecified atom stereocenters. The maximum Gasteiger partial charge on any atom is 0.314 e. The summed E-state index contributed by atoms with van der Waals surface area (Å²) in [5.74, 6) is -2.20. The summed E-state index contributed by atoms with van der Waals surface area (Å²) in [4.78, 5) is 23.3. The molecule has 0 heterocycles. The predicted octanol–water partition coefficient (Wildman–Crippen LogP) is 3.46. The number of carboxylic acid groups (broad SMARTS) is 1. The number of rotatable bonds is 7. The Hall–Kier alpha value is -1.64. The molecule has 1 aromatic rings. The van der Waals surface area contributed by atoms with Crippen LogP contribution in [0.15, 0.2) is 24.3 Å². The third-order valence-corrected chi connectivity index (χ3v) is 3.05. The first-order valence-electron chi connectivity index (χ1n) is 6.40. The van der Waals surface area contributed by atoms with Crippen molar-refractivity contribution in [3.05, 3.63) is 35.4 Å². The van der Waals surface area contributed by atoms with Crippen LogP contribution in [0.25, 0.3) is 0 Å². The van der Waals surface area contributed by atoms with E-state index in [2.05, 4.69) is 6.92 Å². The average molecular weight is 248 g/mol. The Morgan fingerprint density at radius 2 is 1.78 bits per heavy atom. The number of aryl methyl sites for hydroxylation is 1. The van der Waals surface area contributed by atoms with E-state index in [1.54, 1.807) is 12.1 Å². The summed E-state index contributed by atoms with van der Waals surface area (Å²) >= 11 is 0. The zero-order valence-electron chi connectivity index (χ0n) is 11.0. The van der Waals surface area contributed by atoms with Crippen LogP contribution in [0.5, 0.6) is 0 Å². The van der Waals surface area contributed by atoms with Gasteiger partial charge in [0, 0.05) is 5.56 Å². The second-order valence-electron chi connectivity index (χ2n) is 4.62. The summed E-state index contributed by atoms with van der Waals surface area (Å²) in [6.07, 6.45) is 3.19. The molecule has 0 radical (unpaired) electrons. The lowest BCUT2D eigenvalue weighted by molar-refractivity contribution is -0.140. The number of carbonyl (C=O) groups is 2. The highest BCUT2D eigenvalue weighted by Crippen LogP contribution is 2.17. The van der Waals surface area contributed by atoms with Gasteiger partial charge in [-0.25, -0.2) is 0 Å². The molecule has 0 amide bonds. The fourth-order valence-corrected chi connectivity index (χ4v) is 1.88. The van der Waals surface area contributed by atoms with Crippen LogP contribution in [0.3, 0.4) is 0 Å². The van der Waals surface area contributed by atoms with E-state index in [4.69, 9.17) is 5.11 Å². The largest absolute Gasteiger partial charge is 0.481 e. The van der Waals surface area contributed by atoms with E-state index < -0.39 is 11.9 Å². The van der Waals surface area contributed by atoms with E-state index in [9.17, 15) is 9.59 Å². The van der Waals surface area contributed by atoms with Crippen LogP contribution in [0.4, 0.5) is 0 Å². The van der Waals surface area contributed by atoms with Crippen LogP contribution < -0.4 is 0 Å². The first-order chi connectivity index (χ1) is 8.56. The monoisotopic (exact) mass is 248 g/mol. The lowest BCUT2D eigenvalue weighted by Crippen LogP contribution is -2.24. The molecule has 0 aliphatic rings. The molecule has 0 saturated heterocycles. The third-order valence-electron chi connectivity index (χ3n) is 3.05. The number of hydrogen-bond acceptors (Lipinski definition) is 2. The van der Waals surface area contributed by atoms with Crippen LogP contribution >= 0.6 is 0 Å². The molecule has 3 heteroatoms. The van der Waals surface area contributed by atoms with Crippen molar-refractivity contribution in [2.24, 2.45) is 5.92 Å². The summed E-state index contributed by atoms with van der Waals surface area (Å²) in [6.45, 7) is 3.99. The minimum atomic E-state index is -1.02. The molecule has 0 spiro atoms. The Morgan fingerprint density at radius 3 is 2.28 bits per heavy atom. The Balaban J connectivity index is 2.76. The van der Waals surface area contributed by atoms with Gasteiger partial charge in [0.1, 0.15) is 5.92 Å². The van der Waals surface area contributed by atoms with Crippen molar-refractivity contribution >= 4 is 11.8 Å². The van der Waals surface area contributed by atoms with E-state index in [1.165, 1.54) is 0 Å². The van der Waals surface area contributed by atoms with Crippen molar-refractivity contribution < 1.29 is 14.7 Å². The molecule has 0 fully saturated rings. The van der Waals surface area contributed by atoms with Crippen LogP contribution in [0.2, 0.25) is 0 Å². The van der Waals surface area contributed by atoms with Gasteiger partial charge in [-0.1, -0.05) is 56.0 Å². The molecule has 0 aliphatic carbocycles. The zero-order valence-corrected chi connectivity index (χ0v) is 11.0. The Labute approximate surface area is 108 Å². The number of benzene rings is 1. The smallest absolute Gasteiger partial charge is 0.314 e. The molecular formula is C15H20O3. The molecular weight excluding hydrogens is 228 g/mol. The number of carboxylic acids is 1. The van der Waals surface area contributed by atoms with Crippen LogP contribution in [0.1, 0.15) is 48.5 Å². The summed E-state index contributed by atoms with van der Waals surface area (Å²) in [6, 6.07) is 7.07. The Bertz CT molecular complexity index is 406. The number of carbonyl (C=O) groups excluding carboxylic acids is 1. The molecule has 0 bridgehead atoms. The van der Waals surface area contributed by atoms with Gasteiger partial charge in [-0.2, -0.15) is 0 Å². The number of aliphatic carboxylic acids is 1. The highest BCUT2D eigenvalue weighted by Gasteiger charge is 2.26. The molecule has 1 rings (SSSR count). The third kappa shape index (κ3) is 3.99. The standard InChI is InChI=1S/C15H20O3/c1-3-4-5-6-13(15(17)18)14(16)12-9-7-11(2)8-10-12/h7-10,13H,3-6H2,1-2H3,(H,17,18). The molecule has 1 aromatic carbocycles. The second-order valence-corrected chi connectivity index (χ2v) is 4.62. The SMILES string of the molecule is CCCCCC(C(=O)O)C(=O)c1ccc(C)cc1. The quantitative estimate of drug-likeness (QED) is 0.456. The van der Waals surface area contributed by atoms with E-state index in [-0.39, 0.29) is 5.78 Å². The summed E-state index contributed by atoms with van der Waals surface area (Å²) in [5.41, 5.74) is 1.55. The highest BCUT2D eigenvalue weighted by molar-refractivity contribution is 6.08. The lowest BCUT2D eigenvalue weighted by Gasteiger charge is -2.11. The van der Waals surface area contributed by atoms with Crippen LogP contribution in [-0.4, -0.2) is 16.9 Å². The van der Waals surface area contributed by atoms with Gasteiger partial charge in [-0.05, 0) is 13.3 Å². The van der Waals surface area contributed by atoms with E-state index in [0.717, 1.165) is 24.8 Å². The molecule has 1 atom stereocenters. The van der Waals surface area contributed by atoms with Crippen LogP contribution in [-0.2, 0) is 4.79 Å². The maximum absolute atomic E-state index is 12.1. The minimum absolute atomic E-state index is 0.279. The molecule has 0 saturated carbocycles. The molecule has 0 aliphatic heterocycles. The fourth-order valence-electron chi connectivity index (χ4n) is 1.88. The number of ketones is 1. The van der Waals surface area contributed by atoms with Gasteiger partial charge < -0.3 is 5.11 Å². The van der Waals surface area contributed by atoms with E-state index in [0.29, 0.717) is 12.0 Å². The molecule has 0 aromatic heterocycles. The fraction of sp³-hybridized carbons (Fsp3) is 0.467. The van der Waals surface area contributed by atoms with E-state index in [1.807, 2.05) is 19.1 Å². The number of unbranched alkanes of at least 4 members (excludes halogenated alkanes) is 2. The molecule has 98 valence electrons. The number of hydrogen-bond donors (Lipinski definition) is 1. The first-order valence-corrected chi connectivity index (χ1v) is 6.40. The van der Waals surface area contributed by atoms with E-state index >= 15 is 0 Å². The van der Waals surface area contributed by atoms with Crippen molar-refractivity contribution in [2.75, 3.05) is 0 Å². The Kier molecular flexibility index (Phi) is 5.56. The molecule has 1 N–H and O–H groups in total. The van der Waals surface area contributed by atoms with Gasteiger partial charge in [0.25, 0.3) is 0 Å². The van der Waals surface area contributed by atoms with Crippen molar-refractivity contribution in [3.63, 3.8) is 0 Å². The summed E-state index contributed by atoms with van der Waals surface area (Å²) in [5, 5.41) is 9.14. The normalized spacial score (nSPS) is 12.1. The van der Waals surface area contributed by atoms with Crippen molar-refractivity contribution in [2.45, 2.75) is 39.5 Å².